The van der Waals surface area contributed by atoms with Crippen LogP contribution in [0.15, 0.2) is 164 Å². The zero-order chi connectivity index (χ0) is 32.7. The van der Waals surface area contributed by atoms with E-state index in [4.69, 9.17) is 0 Å². The lowest BCUT2D eigenvalue weighted by Gasteiger charge is -2.29. The smallest absolute Gasteiger partial charge is 0.0543 e. The predicted molar refractivity (Wildman–Crippen MR) is 212 cm³/mol. The fourth-order valence-electron chi connectivity index (χ4n) is 8.29. The van der Waals surface area contributed by atoms with E-state index in [1.165, 1.54) is 80.8 Å². The van der Waals surface area contributed by atoms with Gasteiger partial charge < -0.3 is 4.90 Å². The number of rotatable bonds is 4. The number of nitrogens with zero attached hydrogens (tertiary/aromatic N) is 1. The van der Waals surface area contributed by atoms with Crippen LogP contribution in [0.4, 0.5) is 17.1 Å². The van der Waals surface area contributed by atoms with Crippen molar-refractivity contribution in [3.63, 3.8) is 0 Å². The molecule has 9 aromatic rings. The van der Waals surface area contributed by atoms with Crippen molar-refractivity contribution in [3.05, 3.63) is 175 Å². The summed E-state index contributed by atoms with van der Waals surface area (Å²) in [6.07, 6.45) is 0. The minimum absolute atomic E-state index is 0.0863. The minimum Gasteiger partial charge on any atom is -0.310 e. The maximum Gasteiger partial charge on any atom is 0.0543 e. The van der Waals surface area contributed by atoms with Crippen LogP contribution in [0.5, 0.6) is 0 Å². The number of thiophene rings is 1. The summed E-state index contributed by atoms with van der Waals surface area (Å²) in [6, 6.07) is 60.6. The van der Waals surface area contributed by atoms with Gasteiger partial charge in [0.2, 0.25) is 0 Å². The first-order valence-electron chi connectivity index (χ1n) is 17.0. The summed E-state index contributed by atoms with van der Waals surface area (Å²) >= 11 is 1.88. The summed E-state index contributed by atoms with van der Waals surface area (Å²) in [5.74, 6) is 0. The molecule has 0 atom stereocenters. The molecular weight excluding hydrogens is 611 g/mol. The highest BCUT2D eigenvalue weighted by Gasteiger charge is 2.37. The first kappa shape index (κ1) is 28.3. The van der Waals surface area contributed by atoms with Crippen LogP contribution >= 0.6 is 11.3 Å². The van der Waals surface area contributed by atoms with Crippen LogP contribution in [-0.4, -0.2) is 0 Å². The molecule has 0 radical (unpaired) electrons. The normalized spacial score (nSPS) is 13.3. The van der Waals surface area contributed by atoms with Gasteiger partial charge in [0, 0.05) is 42.5 Å². The Balaban J connectivity index is 1.22. The van der Waals surface area contributed by atoms with Crippen molar-refractivity contribution in [2.24, 2.45) is 0 Å². The van der Waals surface area contributed by atoms with Crippen molar-refractivity contribution in [2.75, 3.05) is 4.90 Å². The fraction of sp³-hybridized carbons (Fsp3) is 0.0638. The lowest BCUT2D eigenvalue weighted by atomic mass is 9.82. The van der Waals surface area contributed by atoms with Crippen LogP contribution < -0.4 is 4.90 Å². The molecule has 0 amide bonds. The van der Waals surface area contributed by atoms with Crippen LogP contribution in [0.1, 0.15) is 25.0 Å². The van der Waals surface area contributed by atoms with E-state index in [0.29, 0.717) is 0 Å². The Morgan fingerprint density at radius 1 is 0.469 bits per heavy atom. The second kappa shape index (κ2) is 10.7. The van der Waals surface area contributed by atoms with Crippen LogP contribution in [0.2, 0.25) is 0 Å². The first-order chi connectivity index (χ1) is 24.1. The largest absolute Gasteiger partial charge is 0.310 e. The highest BCUT2D eigenvalue weighted by Crippen LogP contribution is 2.54. The summed E-state index contributed by atoms with van der Waals surface area (Å²) in [4.78, 5) is 2.48. The van der Waals surface area contributed by atoms with E-state index < -0.39 is 0 Å². The number of hydrogen-bond donors (Lipinski definition) is 0. The molecule has 0 spiro atoms. The molecule has 232 valence electrons. The molecule has 10 rings (SSSR count). The van der Waals surface area contributed by atoms with E-state index in [9.17, 15) is 0 Å². The summed E-state index contributed by atoms with van der Waals surface area (Å²) < 4.78 is 2.66. The van der Waals surface area contributed by atoms with Gasteiger partial charge in [0.15, 0.2) is 0 Å². The molecule has 0 saturated heterocycles. The zero-order valence-electron chi connectivity index (χ0n) is 27.4. The van der Waals surface area contributed by atoms with Gasteiger partial charge >= 0.3 is 0 Å². The average Bonchev–Trinajstić information content (AvgIpc) is 3.65. The number of anilines is 3. The molecular formula is C47H33NS. The third-order valence-corrected chi connectivity index (χ3v) is 11.8. The van der Waals surface area contributed by atoms with E-state index in [2.05, 4.69) is 183 Å². The molecule has 1 heterocycles. The molecule has 0 bridgehead atoms. The fourth-order valence-corrected chi connectivity index (χ4v) is 9.41. The third-order valence-electron chi connectivity index (χ3n) is 10.7. The van der Waals surface area contributed by atoms with Crippen molar-refractivity contribution in [3.8, 4) is 22.3 Å². The van der Waals surface area contributed by atoms with Gasteiger partial charge in [-0.25, -0.2) is 0 Å². The first-order valence-corrected chi connectivity index (χ1v) is 17.8. The summed E-state index contributed by atoms with van der Waals surface area (Å²) in [5.41, 5.74) is 11.3. The van der Waals surface area contributed by atoms with Crippen molar-refractivity contribution in [1.82, 2.24) is 0 Å². The highest BCUT2D eigenvalue weighted by atomic mass is 32.1. The Morgan fingerprint density at radius 2 is 1.12 bits per heavy atom. The molecule has 1 aliphatic carbocycles. The van der Waals surface area contributed by atoms with E-state index in [1.807, 2.05) is 11.3 Å². The number of benzene rings is 8. The molecule has 0 fully saturated rings. The number of fused-ring (bicyclic) bond motifs is 9. The average molecular weight is 644 g/mol. The molecule has 8 aromatic carbocycles. The van der Waals surface area contributed by atoms with Crippen LogP contribution in [-0.2, 0) is 5.41 Å². The van der Waals surface area contributed by atoms with E-state index in [0.717, 1.165) is 11.4 Å². The molecule has 2 heteroatoms. The van der Waals surface area contributed by atoms with Crippen LogP contribution in [0.3, 0.4) is 0 Å². The molecule has 1 aromatic heterocycles. The molecule has 0 unspecified atom stereocenters. The third kappa shape index (κ3) is 4.24. The topological polar surface area (TPSA) is 3.24 Å². The van der Waals surface area contributed by atoms with Gasteiger partial charge in [-0.15, -0.1) is 11.3 Å². The second-order valence-corrected chi connectivity index (χ2v) is 14.8. The van der Waals surface area contributed by atoms with Crippen molar-refractivity contribution in [2.45, 2.75) is 19.3 Å². The summed E-state index contributed by atoms with van der Waals surface area (Å²) in [5, 5.41) is 7.75. The Labute approximate surface area is 290 Å². The molecule has 49 heavy (non-hydrogen) atoms. The van der Waals surface area contributed by atoms with E-state index in [1.54, 1.807) is 0 Å². The van der Waals surface area contributed by atoms with Crippen LogP contribution in [0, 0.1) is 0 Å². The molecule has 0 N–H and O–H groups in total. The summed E-state index contributed by atoms with van der Waals surface area (Å²) in [7, 11) is 0. The highest BCUT2D eigenvalue weighted by molar-refractivity contribution is 7.26. The van der Waals surface area contributed by atoms with Gasteiger partial charge in [-0.05, 0) is 91.8 Å². The Hall–Kier alpha value is -5.70. The van der Waals surface area contributed by atoms with E-state index >= 15 is 0 Å². The monoisotopic (exact) mass is 643 g/mol. The van der Waals surface area contributed by atoms with Gasteiger partial charge in [0.05, 0.1) is 5.69 Å². The predicted octanol–water partition coefficient (Wildman–Crippen LogP) is 13.8. The Bertz CT molecular complexity index is 2740. The van der Waals surface area contributed by atoms with Gasteiger partial charge in [0.1, 0.15) is 0 Å². The molecule has 1 nitrogen and oxygen atoms in total. The lowest BCUT2D eigenvalue weighted by Crippen LogP contribution is -2.16. The standard InChI is InChI=1S/C47H33NS/c1-47(2)40-17-7-5-14-37(40)46-41(47)18-10-19-42(46)48(33-25-21-31(22-26-33)36-16-9-12-30-11-3-4-13-35(30)36)34-27-23-32-24-28-44-45(39(32)29-34)38-15-6-8-20-43(38)49-44/h3-29H,1-2H3. The molecule has 0 aliphatic heterocycles. The molecule has 1 aliphatic rings. The minimum atomic E-state index is -0.0863. The van der Waals surface area contributed by atoms with Gasteiger partial charge in [-0.2, -0.15) is 0 Å². The van der Waals surface area contributed by atoms with Gasteiger partial charge in [-0.1, -0.05) is 135 Å². The number of hydrogen-bond acceptors (Lipinski definition) is 2. The lowest BCUT2D eigenvalue weighted by molar-refractivity contribution is 0.660. The Kier molecular flexibility index (Phi) is 6.16. The SMILES string of the molecule is CC1(C)c2ccccc2-c2c(N(c3ccc(-c4cccc5ccccc45)cc3)c3ccc4ccc5sc6ccccc6c5c4c3)cccc21. The van der Waals surface area contributed by atoms with Crippen molar-refractivity contribution >= 4 is 70.1 Å². The maximum atomic E-state index is 2.48. The van der Waals surface area contributed by atoms with Gasteiger partial charge in [0.25, 0.3) is 0 Å². The van der Waals surface area contributed by atoms with Crippen molar-refractivity contribution < 1.29 is 0 Å². The second-order valence-electron chi connectivity index (χ2n) is 13.7. The maximum absolute atomic E-state index is 2.48. The Morgan fingerprint density at radius 3 is 2.02 bits per heavy atom. The molecule has 0 saturated carbocycles. The zero-order valence-corrected chi connectivity index (χ0v) is 28.3. The quantitative estimate of drug-likeness (QED) is 0.184. The van der Waals surface area contributed by atoms with E-state index in [-0.39, 0.29) is 5.41 Å². The summed E-state index contributed by atoms with van der Waals surface area (Å²) in [6.45, 7) is 4.72. The van der Waals surface area contributed by atoms with Crippen LogP contribution in [0.25, 0.3) is 64.0 Å². The van der Waals surface area contributed by atoms with Crippen molar-refractivity contribution in [1.29, 1.82) is 0 Å². The van der Waals surface area contributed by atoms with Gasteiger partial charge in [-0.3, -0.25) is 0 Å².